The van der Waals surface area contributed by atoms with Gasteiger partial charge in [0.25, 0.3) is 5.56 Å². The number of rotatable bonds is 6. The molecule has 1 unspecified atom stereocenters. The van der Waals surface area contributed by atoms with E-state index in [4.69, 9.17) is 10.7 Å². The maximum absolute atomic E-state index is 13.8. The number of fused-ring (bicyclic) bond motifs is 1. The number of thiophene rings is 1. The maximum atomic E-state index is 13.8. The molecule has 0 aliphatic carbocycles. The molecule has 31 heavy (non-hydrogen) atoms. The lowest BCUT2D eigenvalue weighted by atomic mass is 10.0. The minimum absolute atomic E-state index is 0.207. The van der Waals surface area contributed by atoms with Gasteiger partial charge in [0, 0.05) is 16.9 Å². The first-order chi connectivity index (χ1) is 14.9. The van der Waals surface area contributed by atoms with Crippen molar-refractivity contribution in [1.82, 2.24) is 9.55 Å². The van der Waals surface area contributed by atoms with Gasteiger partial charge in [0.2, 0.25) is 5.91 Å². The summed E-state index contributed by atoms with van der Waals surface area (Å²) < 4.78 is 1.52. The zero-order valence-corrected chi connectivity index (χ0v) is 18.7. The van der Waals surface area contributed by atoms with E-state index in [1.165, 1.54) is 15.9 Å². The van der Waals surface area contributed by atoms with E-state index >= 15 is 0 Å². The number of amides is 1. The Morgan fingerprint density at radius 1 is 1.10 bits per heavy atom. The molecule has 0 aliphatic heterocycles. The Morgan fingerprint density at radius 2 is 1.77 bits per heavy atom. The van der Waals surface area contributed by atoms with Gasteiger partial charge in [-0.15, -0.1) is 11.3 Å². The fraction of sp³-hybridized carbons (Fsp3) is 0.240. The summed E-state index contributed by atoms with van der Waals surface area (Å²) in [4.78, 5) is 32.7. The van der Waals surface area contributed by atoms with Gasteiger partial charge < -0.3 is 5.73 Å². The average molecular weight is 432 g/mol. The van der Waals surface area contributed by atoms with Gasteiger partial charge in [0.1, 0.15) is 16.7 Å². The molecular formula is C25H25N3O2S. The van der Waals surface area contributed by atoms with Crippen molar-refractivity contribution >= 4 is 27.5 Å². The number of carbonyl (C=O) groups excluding carboxylic acids is 1. The number of nitrogens with two attached hydrogens (primary N) is 1. The third-order valence-corrected chi connectivity index (χ3v) is 6.58. The standard InChI is InChI=1S/C25H25N3O2S/c1-4-19(23(26)29)28-20(14-17-8-6-5-7-9-17)27-24-22(25(28)30)21(16(3)31-24)18-12-10-15(2)11-13-18/h5-13,19H,4,14H2,1-3H3,(H2,26,29). The Labute approximate surface area is 185 Å². The van der Waals surface area contributed by atoms with Gasteiger partial charge in [-0.25, -0.2) is 4.98 Å². The third-order valence-electron chi connectivity index (χ3n) is 5.58. The zero-order chi connectivity index (χ0) is 22.1. The van der Waals surface area contributed by atoms with Crippen molar-refractivity contribution in [2.45, 2.75) is 39.7 Å². The quantitative estimate of drug-likeness (QED) is 0.478. The van der Waals surface area contributed by atoms with Crippen LogP contribution in [0.3, 0.4) is 0 Å². The number of hydrogen-bond acceptors (Lipinski definition) is 4. The van der Waals surface area contributed by atoms with Crippen LogP contribution in [0.1, 0.15) is 41.2 Å². The van der Waals surface area contributed by atoms with E-state index in [1.54, 1.807) is 0 Å². The summed E-state index contributed by atoms with van der Waals surface area (Å²) in [5.41, 5.74) is 9.53. The first-order valence-corrected chi connectivity index (χ1v) is 11.2. The summed E-state index contributed by atoms with van der Waals surface area (Å²) in [6, 6.07) is 17.2. The molecule has 2 N–H and O–H groups in total. The van der Waals surface area contributed by atoms with Crippen LogP contribution in [0.15, 0.2) is 59.4 Å². The first-order valence-electron chi connectivity index (χ1n) is 10.4. The van der Waals surface area contributed by atoms with Gasteiger partial charge in [0.05, 0.1) is 5.39 Å². The predicted molar refractivity (Wildman–Crippen MR) is 127 cm³/mol. The number of hydrogen-bond donors (Lipinski definition) is 1. The molecule has 1 amide bonds. The van der Waals surface area contributed by atoms with E-state index in [2.05, 4.69) is 0 Å². The van der Waals surface area contributed by atoms with E-state index in [9.17, 15) is 9.59 Å². The minimum Gasteiger partial charge on any atom is -0.368 e. The van der Waals surface area contributed by atoms with Gasteiger partial charge in [-0.2, -0.15) is 0 Å². The SMILES string of the molecule is CCC(C(N)=O)n1c(Cc2ccccc2)nc2sc(C)c(-c3ccc(C)cc3)c2c1=O. The van der Waals surface area contributed by atoms with Crippen LogP contribution in [0.4, 0.5) is 0 Å². The second-order valence-electron chi connectivity index (χ2n) is 7.77. The molecule has 0 radical (unpaired) electrons. The summed E-state index contributed by atoms with van der Waals surface area (Å²) in [6.07, 6.45) is 0.875. The Morgan fingerprint density at radius 3 is 2.39 bits per heavy atom. The maximum Gasteiger partial charge on any atom is 0.263 e. The van der Waals surface area contributed by atoms with Crippen molar-refractivity contribution < 1.29 is 4.79 Å². The van der Waals surface area contributed by atoms with Crippen LogP contribution >= 0.6 is 11.3 Å². The summed E-state index contributed by atoms with van der Waals surface area (Å²) >= 11 is 1.51. The van der Waals surface area contributed by atoms with Crippen LogP contribution in [0, 0.1) is 13.8 Å². The molecule has 2 aromatic heterocycles. The predicted octanol–water partition coefficient (Wildman–Crippen LogP) is 4.77. The molecule has 4 rings (SSSR count). The van der Waals surface area contributed by atoms with Gasteiger partial charge in [-0.05, 0) is 31.4 Å². The van der Waals surface area contributed by atoms with E-state index in [1.807, 2.05) is 75.4 Å². The number of carbonyl (C=O) groups is 1. The summed E-state index contributed by atoms with van der Waals surface area (Å²) in [5, 5.41) is 0.558. The highest BCUT2D eigenvalue weighted by Crippen LogP contribution is 2.36. The normalized spacial score (nSPS) is 12.2. The summed E-state index contributed by atoms with van der Waals surface area (Å²) in [5.74, 6) is 0.0370. The highest BCUT2D eigenvalue weighted by molar-refractivity contribution is 7.19. The highest BCUT2D eigenvalue weighted by Gasteiger charge is 2.25. The van der Waals surface area contributed by atoms with Crippen LogP contribution in [0.25, 0.3) is 21.3 Å². The number of aryl methyl sites for hydroxylation is 2. The molecule has 0 saturated carbocycles. The van der Waals surface area contributed by atoms with Crippen molar-refractivity contribution in [1.29, 1.82) is 0 Å². The first kappa shape index (κ1) is 21.0. The fourth-order valence-electron chi connectivity index (χ4n) is 4.02. The van der Waals surface area contributed by atoms with Crippen molar-refractivity contribution in [3.8, 4) is 11.1 Å². The van der Waals surface area contributed by atoms with Crippen molar-refractivity contribution in [3.63, 3.8) is 0 Å². The number of benzene rings is 2. The largest absolute Gasteiger partial charge is 0.368 e. The van der Waals surface area contributed by atoms with Gasteiger partial charge in [0.15, 0.2) is 0 Å². The van der Waals surface area contributed by atoms with E-state index < -0.39 is 11.9 Å². The molecule has 0 fully saturated rings. The molecule has 4 aromatic rings. The van der Waals surface area contributed by atoms with E-state index in [-0.39, 0.29) is 5.56 Å². The minimum atomic E-state index is -0.741. The molecule has 0 spiro atoms. The van der Waals surface area contributed by atoms with Crippen LogP contribution in [-0.2, 0) is 11.2 Å². The topological polar surface area (TPSA) is 78.0 Å². The van der Waals surface area contributed by atoms with E-state index in [0.29, 0.717) is 28.9 Å². The summed E-state index contributed by atoms with van der Waals surface area (Å²) in [7, 11) is 0. The number of primary amides is 1. The zero-order valence-electron chi connectivity index (χ0n) is 17.9. The van der Waals surface area contributed by atoms with Crippen molar-refractivity contribution in [3.05, 3.63) is 86.8 Å². The lowest BCUT2D eigenvalue weighted by Crippen LogP contribution is -2.36. The lowest BCUT2D eigenvalue weighted by molar-refractivity contribution is -0.121. The number of aromatic nitrogens is 2. The van der Waals surface area contributed by atoms with Crippen molar-refractivity contribution in [2.24, 2.45) is 5.73 Å². The van der Waals surface area contributed by atoms with Crippen LogP contribution in [-0.4, -0.2) is 15.5 Å². The smallest absolute Gasteiger partial charge is 0.263 e. The van der Waals surface area contributed by atoms with Crippen LogP contribution in [0.5, 0.6) is 0 Å². The van der Waals surface area contributed by atoms with Crippen LogP contribution < -0.4 is 11.3 Å². The number of nitrogens with zero attached hydrogens (tertiary/aromatic N) is 2. The fourth-order valence-corrected chi connectivity index (χ4v) is 5.07. The van der Waals surface area contributed by atoms with Gasteiger partial charge >= 0.3 is 0 Å². The highest BCUT2D eigenvalue weighted by atomic mass is 32.1. The molecule has 2 heterocycles. The molecule has 2 aromatic carbocycles. The Hall–Kier alpha value is -3.25. The second-order valence-corrected chi connectivity index (χ2v) is 8.97. The molecule has 158 valence electrons. The Balaban J connectivity index is 2.01. The summed E-state index contributed by atoms with van der Waals surface area (Å²) in [6.45, 7) is 5.90. The van der Waals surface area contributed by atoms with Gasteiger partial charge in [-0.1, -0.05) is 67.1 Å². The molecule has 5 nitrogen and oxygen atoms in total. The molecule has 0 aliphatic rings. The molecular weight excluding hydrogens is 406 g/mol. The molecule has 0 bridgehead atoms. The lowest BCUT2D eigenvalue weighted by Gasteiger charge is -2.19. The average Bonchev–Trinajstić information content (AvgIpc) is 3.08. The molecule has 6 heteroatoms. The van der Waals surface area contributed by atoms with Gasteiger partial charge in [-0.3, -0.25) is 14.2 Å². The molecule has 0 saturated heterocycles. The second kappa shape index (κ2) is 8.47. The van der Waals surface area contributed by atoms with Crippen molar-refractivity contribution in [2.75, 3.05) is 0 Å². The van der Waals surface area contributed by atoms with Crippen LogP contribution in [0.2, 0.25) is 0 Å². The Kier molecular flexibility index (Phi) is 5.74. The monoisotopic (exact) mass is 431 g/mol. The third kappa shape index (κ3) is 3.91. The molecule has 1 atom stereocenters. The Bertz CT molecular complexity index is 1300. The van der Waals surface area contributed by atoms with E-state index in [0.717, 1.165) is 27.1 Å².